The molecule has 1 saturated heterocycles. The summed E-state index contributed by atoms with van der Waals surface area (Å²) in [5.41, 5.74) is 5.84. The number of rotatable bonds is 4. The SMILES string of the molecule is CC(C)CC1COCCN1C(=O)Nc1ccc(C(N)=O)nc1. The average Bonchev–Trinajstić information content (AvgIpc) is 2.47. The van der Waals surface area contributed by atoms with E-state index in [1.165, 1.54) is 12.3 Å². The molecule has 0 bridgehead atoms. The van der Waals surface area contributed by atoms with Crippen molar-refractivity contribution in [3.8, 4) is 0 Å². The van der Waals surface area contributed by atoms with Crippen LogP contribution < -0.4 is 11.1 Å². The summed E-state index contributed by atoms with van der Waals surface area (Å²) in [5.74, 6) is -0.110. The number of urea groups is 1. The second kappa shape index (κ2) is 7.22. The van der Waals surface area contributed by atoms with Crippen molar-refractivity contribution in [2.24, 2.45) is 11.7 Å². The van der Waals surface area contributed by atoms with Gasteiger partial charge in [0.15, 0.2) is 0 Å². The van der Waals surface area contributed by atoms with E-state index in [4.69, 9.17) is 10.5 Å². The summed E-state index contributed by atoms with van der Waals surface area (Å²) in [7, 11) is 0. The van der Waals surface area contributed by atoms with Gasteiger partial charge in [-0.05, 0) is 24.5 Å². The number of anilines is 1. The predicted octanol–water partition coefficient (Wildman–Crippen LogP) is 1.46. The van der Waals surface area contributed by atoms with Crippen LogP contribution in [0, 0.1) is 5.92 Å². The molecule has 7 heteroatoms. The summed E-state index contributed by atoms with van der Waals surface area (Å²) in [5, 5.41) is 2.80. The van der Waals surface area contributed by atoms with Crippen LogP contribution >= 0.6 is 0 Å². The molecule has 2 heterocycles. The Labute approximate surface area is 129 Å². The highest BCUT2D eigenvalue weighted by Crippen LogP contribution is 2.17. The summed E-state index contributed by atoms with van der Waals surface area (Å²) in [6.45, 7) is 5.91. The third-order valence-corrected chi connectivity index (χ3v) is 3.50. The standard InChI is InChI=1S/C15H22N4O3/c1-10(2)7-12-9-22-6-5-19(12)15(21)18-11-3-4-13(14(16)20)17-8-11/h3-4,8,10,12H,5-7,9H2,1-2H3,(H2,16,20)(H,18,21). The molecule has 1 aromatic rings. The smallest absolute Gasteiger partial charge is 0.322 e. The van der Waals surface area contributed by atoms with Gasteiger partial charge in [0, 0.05) is 6.54 Å². The lowest BCUT2D eigenvalue weighted by Gasteiger charge is -2.36. The first-order valence-corrected chi connectivity index (χ1v) is 7.38. The number of carbonyl (C=O) groups excluding carboxylic acids is 2. The van der Waals surface area contributed by atoms with Gasteiger partial charge in [-0.3, -0.25) is 4.79 Å². The zero-order chi connectivity index (χ0) is 16.1. The Bertz CT molecular complexity index is 530. The number of ether oxygens (including phenoxy) is 1. The highest BCUT2D eigenvalue weighted by atomic mass is 16.5. The molecule has 0 saturated carbocycles. The van der Waals surface area contributed by atoms with Crippen molar-refractivity contribution in [1.82, 2.24) is 9.88 Å². The summed E-state index contributed by atoms with van der Waals surface area (Å²) in [6, 6.07) is 3.00. The van der Waals surface area contributed by atoms with Crippen molar-refractivity contribution in [2.45, 2.75) is 26.3 Å². The van der Waals surface area contributed by atoms with Crippen LogP contribution in [0.2, 0.25) is 0 Å². The second-order valence-corrected chi connectivity index (χ2v) is 5.78. The maximum absolute atomic E-state index is 12.4. The number of pyridine rings is 1. The van der Waals surface area contributed by atoms with E-state index in [0.717, 1.165) is 6.42 Å². The van der Waals surface area contributed by atoms with E-state index >= 15 is 0 Å². The Morgan fingerprint density at radius 3 is 2.86 bits per heavy atom. The Kier molecular flexibility index (Phi) is 5.32. The summed E-state index contributed by atoms with van der Waals surface area (Å²) in [4.78, 5) is 29.1. The zero-order valence-electron chi connectivity index (χ0n) is 12.9. The van der Waals surface area contributed by atoms with Crippen LogP contribution in [-0.2, 0) is 4.74 Å². The third-order valence-electron chi connectivity index (χ3n) is 3.50. The molecule has 1 fully saturated rings. The summed E-state index contributed by atoms with van der Waals surface area (Å²) in [6.07, 6.45) is 2.32. The molecule has 1 aliphatic heterocycles. The molecule has 0 radical (unpaired) electrons. The second-order valence-electron chi connectivity index (χ2n) is 5.78. The molecule has 0 spiro atoms. The first-order chi connectivity index (χ1) is 10.5. The van der Waals surface area contributed by atoms with Crippen LogP contribution in [0.3, 0.4) is 0 Å². The van der Waals surface area contributed by atoms with Crippen LogP contribution in [0.1, 0.15) is 30.8 Å². The van der Waals surface area contributed by atoms with E-state index < -0.39 is 5.91 Å². The lowest BCUT2D eigenvalue weighted by molar-refractivity contribution is 0.00857. The molecule has 22 heavy (non-hydrogen) atoms. The number of aromatic nitrogens is 1. The van der Waals surface area contributed by atoms with Gasteiger partial charge in [-0.1, -0.05) is 13.8 Å². The van der Waals surface area contributed by atoms with Crippen LogP contribution in [0.15, 0.2) is 18.3 Å². The minimum Gasteiger partial charge on any atom is -0.377 e. The number of nitrogens with one attached hydrogen (secondary N) is 1. The monoisotopic (exact) mass is 306 g/mol. The third kappa shape index (κ3) is 4.17. The van der Waals surface area contributed by atoms with Gasteiger partial charge < -0.3 is 20.7 Å². The number of nitrogens with zero attached hydrogens (tertiary/aromatic N) is 2. The van der Waals surface area contributed by atoms with Gasteiger partial charge in [-0.15, -0.1) is 0 Å². The van der Waals surface area contributed by atoms with Gasteiger partial charge in [-0.2, -0.15) is 0 Å². The number of carbonyl (C=O) groups is 2. The number of nitrogens with two attached hydrogens (primary N) is 1. The Morgan fingerprint density at radius 1 is 1.50 bits per heavy atom. The first kappa shape index (κ1) is 16.2. The molecule has 3 N–H and O–H groups in total. The van der Waals surface area contributed by atoms with Crippen LogP contribution in [-0.4, -0.2) is 47.6 Å². The van der Waals surface area contributed by atoms with E-state index in [9.17, 15) is 9.59 Å². The molecule has 3 amide bonds. The fourth-order valence-corrected chi connectivity index (χ4v) is 2.47. The lowest BCUT2D eigenvalue weighted by atomic mass is 10.0. The fourth-order valence-electron chi connectivity index (χ4n) is 2.47. The topological polar surface area (TPSA) is 97.5 Å². The highest BCUT2D eigenvalue weighted by molar-refractivity contribution is 5.92. The average molecular weight is 306 g/mol. The first-order valence-electron chi connectivity index (χ1n) is 7.38. The maximum atomic E-state index is 12.4. The van der Waals surface area contributed by atoms with E-state index in [0.29, 0.717) is 31.4 Å². The van der Waals surface area contributed by atoms with Crippen LogP contribution in [0.25, 0.3) is 0 Å². The normalized spacial score (nSPS) is 18.3. The van der Waals surface area contributed by atoms with E-state index in [1.807, 2.05) is 0 Å². The fraction of sp³-hybridized carbons (Fsp3) is 0.533. The number of hydrogen-bond donors (Lipinski definition) is 2. The number of amides is 3. The molecular formula is C15H22N4O3. The van der Waals surface area contributed by atoms with Gasteiger partial charge in [0.05, 0.1) is 31.1 Å². The van der Waals surface area contributed by atoms with E-state index in [2.05, 4.69) is 24.1 Å². The summed E-state index contributed by atoms with van der Waals surface area (Å²) < 4.78 is 5.47. The molecule has 2 rings (SSSR count). The van der Waals surface area contributed by atoms with Gasteiger partial charge in [0.1, 0.15) is 5.69 Å². The van der Waals surface area contributed by atoms with Crippen LogP contribution in [0.5, 0.6) is 0 Å². The van der Waals surface area contributed by atoms with Crippen molar-refractivity contribution in [3.05, 3.63) is 24.0 Å². The zero-order valence-corrected chi connectivity index (χ0v) is 12.9. The number of hydrogen-bond acceptors (Lipinski definition) is 4. The van der Waals surface area contributed by atoms with E-state index in [1.54, 1.807) is 11.0 Å². The van der Waals surface area contributed by atoms with Crippen molar-refractivity contribution >= 4 is 17.6 Å². The molecule has 1 aromatic heterocycles. The molecular weight excluding hydrogens is 284 g/mol. The minimum absolute atomic E-state index is 0.0756. The van der Waals surface area contributed by atoms with Crippen molar-refractivity contribution < 1.29 is 14.3 Å². The molecule has 0 aromatic carbocycles. The van der Waals surface area contributed by atoms with Crippen molar-refractivity contribution in [1.29, 1.82) is 0 Å². The molecule has 0 aliphatic carbocycles. The highest BCUT2D eigenvalue weighted by Gasteiger charge is 2.27. The Balaban J connectivity index is 2.01. The van der Waals surface area contributed by atoms with Gasteiger partial charge >= 0.3 is 6.03 Å². The molecule has 120 valence electrons. The Hall–Kier alpha value is -2.15. The minimum atomic E-state index is -0.594. The largest absolute Gasteiger partial charge is 0.377 e. The quantitative estimate of drug-likeness (QED) is 0.880. The number of primary amides is 1. The predicted molar refractivity (Wildman–Crippen MR) is 82.5 cm³/mol. The van der Waals surface area contributed by atoms with Gasteiger partial charge in [0.25, 0.3) is 5.91 Å². The molecule has 1 atom stereocenters. The molecule has 1 aliphatic rings. The summed E-state index contributed by atoms with van der Waals surface area (Å²) >= 11 is 0. The van der Waals surface area contributed by atoms with Gasteiger partial charge in [0.2, 0.25) is 0 Å². The van der Waals surface area contributed by atoms with Gasteiger partial charge in [-0.25, -0.2) is 9.78 Å². The number of morpholine rings is 1. The van der Waals surface area contributed by atoms with E-state index in [-0.39, 0.29) is 17.8 Å². The van der Waals surface area contributed by atoms with Crippen LogP contribution in [0.4, 0.5) is 10.5 Å². The van der Waals surface area contributed by atoms with Crippen molar-refractivity contribution in [3.63, 3.8) is 0 Å². The van der Waals surface area contributed by atoms with Crippen molar-refractivity contribution in [2.75, 3.05) is 25.1 Å². The lowest BCUT2D eigenvalue weighted by Crippen LogP contribution is -2.50. The maximum Gasteiger partial charge on any atom is 0.322 e. The molecule has 1 unspecified atom stereocenters. The Morgan fingerprint density at radius 2 is 2.27 bits per heavy atom. The molecule has 7 nitrogen and oxygen atoms in total.